The summed E-state index contributed by atoms with van der Waals surface area (Å²) in [6.45, 7) is 0.704. The number of benzene rings is 2. The first-order valence-electron chi connectivity index (χ1n) is 8.90. The smallest absolute Gasteiger partial charge is 0.260 e. The molecule has 5 nitrogen and oxygen atoms in total. The quantitative estimate of drug-likeness (QED) is 0.410. The zero-order valence-electron chi connectivity index (χ0n) is 15.4. The van der Waals surface area contributed by atoms with Gasteiger partial charge >= 0.3 is 0 Å². The van der Waals surface area contributed by atoms with Crippen molar-refractivity contribution < 1.29 is 22.4 Å². The number of carbonyl (C=O) groups is 1. The summed E-state index contributed by atoms with van der Waals surface area (Å²) in [5.41, 5.74) is -0.142. The Morgan fingerprint density at radius 3 is 2.63 bits per heavy atom. The van der Waals surface area contributed by atoms with Crippen molar-refractivity contribution in [1.82, 2.24) is 14.5 Å². The summed E-state index contributed by atoms with van der Waals surface area (Å²) < 4.78 is 56.6. The fourth-order valence-corrected chi connectivity index (χ4v) is 3.99. The molecule has 10 heteroatoms. The standard InChI is InChI=1S/C20H14F4N4OS/c21-13-9-16(24)18-17(10-13)30-20(26-18)28(6-1-5-27-7-4-25-11-27)19(29)12-2-3-14(22)15(23)8-12/h2-4,7-11H,1,5-6H2. The Morgan fingerprint density at radius 1 is 1.07 bits per heavy atom. The van der Waals surface area contributed by atoms with Crippen molar-refractivity contribution in [2.45, 2.75) is 13.0 Å². The van der Waals surface area contributed by atoms with Crippen LogP contribution in [0.2, 0.25) is 0 Å². The SMILES string of the molecule is O=C(c1ccc(F)c(F)c1)N(CCCn1ccnc1)c1nc2c(F)cc(F)cc2s1. The second-order valence-corrected chi connectivity index (χ2v) is 7.48. The fraction of sp³-hybridized carbons (Fsp3) is 0.150. The molecule has 0 saturated heterocycles. The number of anilines is 1. The number of fused-ring (bicyclic) bond motifs is 1. The number of rotatable bonds is 6. The van der Waals surface area contributed by atoms with Gasteiger partial charge in [-0.05, 0) is 30.7 Å². The van der Waals surface area contributed by atoms with Crippen LogP contribution in [0.25, 0.3) is 10.2 Å². The maximum Gasteiger partial charge on any atom is 0.260 e. The molecule has 0 aliphatic carbocycles. The van der Waals surface area contributed by atoms with Gasteiger partial charge in [0, 0.05) is 37.1 Å². The number of carbonyl (C=O) groups excluding carboxylic acids is 1. The molecule has 2 aromatic carbocycles. The Hall–Kier alpha value is -3.27. The van der Waals surface area contributed by atoms with Gasteiger partial charge in [0.25, 0.3) is 5.91 Å². The van der Waals surface area contributed by atoms with Crippen molar-refractivity contribution in [2.75, 3.05) is 11.4 Å². The van der Waals surface area contributed by atoms with Gasteiger partial charge in [-0.25, -0.2) is 27.5 Å². The van der Waals surface area contributed by atoms with Gasteiger partial charge in [-0.2, -0.15) is 0 Å². The van der Waals surface area contributed by atoms with E-state index >= 15 is 0 Å². The Labute approximate surface area is 172 Å². The number of nitrogens with zero attached hydrogens (tertiary/aromatic N) is 4. The van der Waals surface area contributed by atoms with Gasteiger partial charge in [-0.1, -0.05) is 11.3 Å². The summed E-state index contributed by atoms with van der Waals surface area (Å²) in [5.74, 6) is -4.45. The first kappa shape index (κ1) is 20.0. The van der Waals surface area contributed by atoms with Crippen LogP contribution in [0.5, 0.6) is 0 Å². The number of amides is 1. The van der Waals surface area contributed by atoms with Crippen LogP contribution in [0.1, 0.15) is 16.8 Å². The molecule has 0 unspecified atom stereocenters. The highest BCUT2D eigenvalue weighted by molar-refractivity contribution is 7.22. The highest BCUT2D eigenvalue weighted by Gasteiger charge is 2.23. The third-order valence-electron chi connectivity index (χ3n) is 4.40. The summed E-state index contributed by atoms with van der Waals surface area (Å²) in [6.07, 6.45) is 5.49. The van der Waals surface area contributed by atoms with Crippen LogP contribution in [0.15, 0.2) is 49.1 Å². The normalized spacial score (nSPS) is 11.2. The van der Waals surface area contributed by atoms with Crippen molar-refractivity contribution >= 4 is 32.6 Å². The number of hydrogen-bond acceptors (Lipinski definition) is 4. The van der Waals surface area contributed by atoms with Gasteiger partial charge in [-0.15, -0.1) is 0 Å². The van der Waals surface area contributed by atoms with Gasteiger partial charge in [-0.3, -0.25) is 9.69 Å². The largest absolute Gasteiger partial charge is 0.337 e. The third-order valence-corrected chi connectivity index (χ3v) is 5.43. The molecule has 0 aliphatic rings. The molecular formula is C20H14F4N4OS. The molecule has 2 aromatic heterocycles. The topological polar surface area (TPSA) is 51.0 Å². The Morgan fingerprint density at radius 2 is 1.90 bits per heavy atom. The predicted octanol–water partition coefficient (Wildman–Crippen LogP) is 4.79. The molecule has 1 amide bonds. The predicted molar refractivity (Wildman–Crippen MR) is 104 cm³/mol. The van der Waals surface area contributed by atoms with Gasteiger partial charge in [0.05, 0.1) is 11.0 Å². The van der Waals surface area contributed by atoms with Gasteiger partial charge in [0.1, 0.15) is 11.3 Å². The lowest BCUT2D eigenvalue weighted by Gasteiger charge is -2.20. The van der Waals surface area contributed by atoms with E-state index in [2.05, 4.69) is 9.97 Å². The lowest BCUT2D eigenvalue weighted by atomic mass is 10.2. The van der Waals surface area contributed by atoms with Crippen molar-refractivity contribution in [3.05, 3.63) is 77.9 Å². The molecule has 0 N–H and O–H groups in total. The van der Waals surface area contributed by atoms with E-state index in [0.717, 1.165) is 35.6 Å². The van der Waals surface area contributed by atoms with E-state index in [0.29, 0.717) is 19.0 Å². The molecule has 0 radical (unpaired) electrons. The molecule has 4 rings (SSSR count). The van der Waals surface area contributed by atoms with E-state index in [1.807, 2.05) is 4.57 Å². The molecule has 0 aliphatic heterocycles. The van der Waals surface area contributed by atoms with Crippen LogP contribution >= 0.6 is 11.3 Å². The average Bonchev–Trinajstić information content (AvgIpc) is 3.36. The number of aromatic nitrogens is 3. The zero-order valence-corrected chi connectivity index (χ0v) is 16.2. The maximum absolute atomic E-state index is 14.1. The number of hydrogen-bond donors (Lipinski definition) is 0. The van der Waals surface area contributed by atoms with Crippen molar-refractivity contribution in [2.24, 2.45) is 0 Å². The van der Waals surface area contributed by atoms with E-state index < -0.39 is 29.2 Å². The second-order valence-electron chi connectivity index (χ2n) is 6.47. The average molecular weight is 434 g/mol. The van der Waals surface area contributed by atoms with Crippen LogP contribution in [0.3, 0.4) is 0 Å². The van der Waals surface area contributed by atoms with Crippen LogP contribution in [-0.4, -0.2) is 27.0 Å². The number of halogens is 4. The van der Waals surface area contributed by atoms with Crippen LogP contribution in [-0.2, 0) is 6.54 Å². The van der Waals surface area contributed by atoms with E-state index in [1.165, 1.54) is 4.90 Å². The van der Waals surface area contributed by atoms with Gasteiger partial charge in [0.2, 0.25) is 0 Å². The van der Waals surface area contributed by atoms with E-state index in [4.69, 9.17) is 0 Å². The van der Waals surface area contributed by atoms with Crippen molar-refractivity contribution in [3.63, 3.8) is 0 Å². The molecule has 30 heavy (non-hydrogen) atoms. The van der Waals surface area contributed by atoms with Gasteiger partial charge < -0.3 is 4.57 Å². The van der Waals surface area contributed by atoms with E-state index in [-0.39, 0.29) is 27.5 Å². The monoisotopic (exact) mass is 434 g/mol. The first-order chi connectivity index (χ1) is 14.4. The molecule has 0 saturated carbocycles. The maximum atomic E-state index is 14.1. The number of imidazole rings is 1. The molecule has 0 bridgehead atoms. The highest BCUT2D eigenvalue weighted by Crippen LogP contribution is 2.32. The second kappa shape index (κ2) is 8.23. The highest BCUT2D eigenvalue weighted by atomic mass is 32.1. The molecule has 154 valence electrons. The minimum Gasteiger partial charge on any atom is -0.337 e. The van der Waals surface area contributed by atoms with Crippen molar-refractivity contribution in [1.29, 1.82) is 0 Å². The summed E-state index contributed by atoms with van der Waals surface area (Å²) in [6, 6.07) is 4.67. The van der Waals surface area contributed by atoms with Gasteiger partial charge in [0.15, 0.2) is 22.6 Å². The molecular weight excluding hydrogens is 420 g/mol. The summed E-state index contributed by atoms with van der Waals surface area (Å²) in [5, 5.41) is 0.134. The lowest BCUT2D eigenvalue weighted by Crippen LogP contribution is -2.32. The molecule has 0 atom stereocenters. The molecule has 4 aromatic rings. The van der Waals surface area contributed by atoms with Crippen LogP contribution < -0.4 is 4.90 Å². The summed E-state index contributed by atoms with van der Waals surface area (Å²) in [4.78, 5) is 22.4. The summed E-state index contributed by atoms with van der Waals surface area (Å²) in [7, 11) is 0. The Balaban J connectivity index is 1.68. The fourth-order valence-electron chi connectivity index (χ4n) is 2.96. The minimum atomic E-state index is -1.16. The number of aryl methyl sites for hydroxylation is 1. The lowest BCUT2D eigenvalue weighted by molar-refractivity contribution is 0.0985. The van der Waals surface area contributed by atoms with Crippen molar-refractivity contribution in [3.8, 4) is 0 Å². The minimum absolute atomic E-state index is 0.0610. The van der Waals surface area contributed by atoms with Crippen LogP contribution in [0.4, 0.5) is 22.7 Å². The summed E-state index contributed by atoms with van der Waals surface area (Å²) >= 11 is 0.939. The third kappa shape index (κ3) is 4.04. The van der Waals surface area contributed by atoms with E-state index in [9.17, 15) is 22.4 Å². The zero-order chi connectivity index (χ0) is 21.3. The molecule has 0 spiro atoms. The van der Waals surface area contributed by atoms with Crippen LogP contribution in [0, 0.1) is 23.3 Å². The Kier molecular flexibility index (Phi) is 5.49. The van der Waals surface area contributed by atoms with E-state index in [1.54, 1.807) is 18.7 Å². The molecule has 2 heterocycles. The number of thiazole rings is 1. The molecule has 0 fully saturated rings. The first-order valence-corrected chi connectivity index (χ1v) is 9.72. The Bertz CT molecular complexity index is 1210.